The van der Waals surface area contributed by atoms with Gasteiger partial charge in [0, 0.05) is 17.0 Å². The van der Waals surface area contributed by atoms with Crippen LogP contribution < -0.4 is 10.6 Å². The molecule has 1 aliphatic heterocycles. The molecule has 0 fully saturated rings. The third-order valence-corrected chi connectivity index (χ3v) is 5.50. The minimum Gasteiger partial charge on any atom is -0.377 e. The highest BCUT2D eigenvalue weighted by Gasteiger charge is 2.39. The van der Waals surface area contributed by atoms with E-state index in [0.717, 1.165) is 17.1 Å². The van der Waals surface area contributed by atoms with E-state index in [2.05, 4.69) is 34.9 Å². The van der Waals surface area contributed by atoms with Crippen molar-refractivity contribution in [3.63, 3.8) is 0 Å². The zero-order valence-corrected chi connectivity index (χ0v) is 15.8. The van der Waals surface area contributed by atoms with Crippen LogP contribution in [0.2, 0.25) is 5.02 Å². The molecule has 1 aliphatic carbocycles. The van der Waals surface area contributed by atoms with Crippen LogP contribution in [0.4, 0.5) is 5.69 Å². The van der Waals surface area contributed by atoms with Crippen LogP contribution in [0.3, 0.4) is 0 Å². The molecule has 0 aromatic heterocycles. The molecule has 3 atom stereocenters. The maximum atomic E-state index is 12.7. The van der Waals surface area contributed by atoms with E-state index in [-0.39, 0.29) is 18.0 Å². The van der Waals surface area contributed by atoms with E-state index >= 15 is 0 Å². The molecule has 3 unspecified atom stereocenters. The van der Waals surface area contributed by atoms with Crippen LogP contribution in [0.5, 0.6) is 0 Å². The number of carbonyl (C=O) groups excluding carboxylic acids is 1. The first-order chi connectivity index (χ1) is 12.5. The smallest absolute Gasteiger partial charge is 0.253 e. The highest BCUT2D eigenvalue weighted by Crippen LogP contribution is 2.50. The summed E-state index contributed by atoms with van der Waals surface area (Å²) in [5.74, 6) is 0.723. The van der Waals surface area contributed by atoms with Crippen LogP contribution in [0.15, 0.2) is 54.6 Å². The molecule has 1 amide bonds. The summed E-state index contributed by atoms with van der Waals surface area (Å²) in [6.45, 7) is 3.95. The highest BCUT2D eigenvalue weighted by molar-refractivity contribution is 6.30. The van der Waals surface area contributed by atoms with Crippen molar-refractivity contribution in [3.8, 4) is 0 Å². The minimum atomic E-state index is -0.0328. The Morgan fingerprint density at radius 2 is 2.04 bits per heavy atom. The number of hydrogen-bond donors (Lipinski definition) is 2. The molecule has 1 heterocycles. The number of allylic oxidation sites excluding steroid dienone is 2. The molecule has 2 aromatic rings. The monoisotopic (exact) mass is 366 g/mol. The van der Waals surface area contributed by atoms with Crippen molar-refractivity contribution in [1.82, 2.24) is 5.32 Å². The van der Waals surface area contributed by atoms with Gasteiger partial charge in [0.25, 0.3) is 5.91 Å². The Hall–Kier alpha value is -2.26. The van der Waals surface area contributed by atoms with Crippen molar-refractivity contribution < 1.29 is 4.79 Å². The Labute approximate surface area is 159 Å². The first-order valence-corrected chi connectivity index (χ1v) is 9.55. The fourth-order valence-corrected chi connectivity index (χ4v) is 4.38. The molecule has 0 bridgehead atoms. The van der Waals surface area contributed by atoms with E-state index in [9.17, 15) is 4.79 Å². The molecule has 134 valence electrons. The van der Waals surface area contributed by atoms with Crippen molar-refractivity contribution in [1.29, 1.82) is 0 Å². The number of nitrogens with one attached hydrogen (secondary N) is 2. The fraction of sp³-hybridized carbons (Fsp3) is 0.318. The molecular weight excluding hydrogens is 344 g/mol. The number of carbonyl (C=O) groups is 1. The largest absolute Gasteiger partial charge is 0.377 e. The number of fused-ring (bicyclic) bond motifs is 3. The van der Waals surface area contributed by atoms with Gasteiger partial charge >= 0.3 is 0 Å². The molecule has 3 nitrogen and oxygen atoms in total. The minimum absolute atomic E-state index is 0.0328. The van der Waals surface area contributed by atoms with Crippen LogP contribution in [0.1, 0.15) is 53.7 Å². The Morgan fingerprint density at radius 3 is 2.81 bits per heavy atom. The van der Waals surface area contributed by atoms with E-state index in [1.54, 1.807) is 0 Å². The average molecular weight is 367 g/mol. The van der Waals surface area contributed by atoms with Gasteiger partial charge in [0.05, 0.1) is 17.3 Å². The van der Waals surface area contributed by atoms with E-state index in [1.165, 1.54) is 11.1 Å². The molecule has 2 aromatic carbocycles. The normalized spacial score (nSPS) is 23.3. The summed E-state index contributed by atoms with van der Waals surface area (Å²) < 4.78 is 0. The van der Waals surface area contributed by atoms with Crippen LogP contribution >= 0.6 is 11.6 Å². The van der Waals surface area contributed by atoms with Crippen LogP contribution in [-0.2, 0) is 0 Å². The van der Waals surface area contributed by atoms with Crippen molar-refractivity contribution in [2.24, 2.45) is 5.92 Å². The molecule has 0 spiro atoms. The number of halogens is 1. The van der Waals surface area contributed by atoms with Gasteiger partial charge in [0.2, 0.25) is 0 Å². The van der Waals surface area contributed by atoms with Crippen LogP contribution in [0, 0.1) is 5.92 Å². The predicted molar refractivity (Wildman–Crippen MR) is 107 cm³/mol. The Balaban J connectivity index is 1.78. The summed E-state index contributed by atoms with van der Waals surface area (Å²) in [5, 5.41) is 7.43. The molecule has 26 heavy (non-hydrogen) atoms. The lowest BCUT2D eigenvalue weighted by Gasteiger charge is -2.38. The Bertz CT molecular complexity index is 874. The fourth-order valence-electron chi connectivity index (χ4n) is 4.18. The summed E-state index contributed by atoms with van der Waals surface area (Å²) in [5.41, 5.74) is 4.03. The number of amides is 1. The quantitative estimate of drug-likeness (QED) is 0.723. The van der Waals surface area contributed by atoms with Gasteiger partial charge in [-0.2, -0.15) is 0 Å². The van der Waals surface area contributed by atoms with E-state index in [0.29, 0.717) is 17.4 Å². The van der Waals surface area contributed by atoms with Crippen molar-refractivity contribution in [2.75, 3.05) is 5.32 Å². The van der Waals surface area contributed by atoms with Crippen LogP contribution in [0.25, 0.3) is 0 Å². The van der Waals surface area contributed by atoms with E-state index < -0.39 is 0 Å². The second-order valence-corrected chi connectivity index (χ2v) is 7.86. The van der Waals surface area contributed by atoms with E-state index in [4.69, 9.17) is 11.6 Å². The second kappa shape index (κ2) is 6.81. The molecule has 0 radical (unpaired) electrons. The topological polar surface area (TPSA) is 41.1 Å². The molecular formula is C22H23ClN2O. The lowest BCUT2D eigenvalue weighted by atomic mass is 9.76. The number of para-hydroxylation sites is 1. The summed E-state index contributed by atoms with van der Waals surface area (Å²) >= 11 is 6.24. The number of anilines is 1. The predicted octanol–water partition coefficient (Wildman–Crippen LogP) is 5.30. The Morgan fingerprint density at radius 1 is 1.23 bits per heavy atom. The molecule has 2 aliphatic rings. The highest BCUT2D eigenvalue weighted by atomic mass is 35.5. The van der Waals surface area contributed by atoms with Crippen molar-refractivity contribution in [3.05, 3.63) is 76.3 Å². The second-order valence-electron chi connectivity index (χ2n) is 7.43. The van der Waals surface area contributed by atoms with Gasteiger partial charge in [-0.1, -0.05) is 48.0 Å². The van der Waals surface area contributed by atoms with Crippen LogP contribution in [-0.4, -0.2) is 11.9 Å². The standard InChI is InChI=1S/C22H23ClN2O/c1-13(2)24-22(26)19-11-5-10-18-16-8-4-9-17(16)20(25-21(18)19)14-6-3-7-15(23)12-14/h3-8,10-13,16-17,20,25H,9H2,1-2H3,(H,24,26). The van der Waals surface area contributed by atoms with Gasteiger partial charge in [-0.3, -0.25) is 4.79 Å². The zero-order valence-electron chi connectivity index (χ0n) is 15.0. The first-order valence-electron chi connectivity index (χ1n) is 9.17. The average Bonchev–Trinajstić information content (AvgIpc) is 3.10. The van der Waals surface area contributed by atoms with Gasteiger partial charge < -0.3 is 10.6 Å². The Kier molecular flexibility index (Phi) is 4.49. The van der Waals surface area contributed by atoms with Gasteiger partial charge in [0.1, 0.15) is 0 Å². The van der Waals surface area contributed by atoms with Gasteiger partial charge in [0.15, 0.2) is 0 Å². The summed E-state index contributed by atoms with van der Waals surface area (Å²) in [4.78, 5) is 12.7. The van der Waals surface area contributed by atoms with Crippen molar-refractivity contribution in [2.45, 2.75) is 38.3 Å². The van der Waals surface area contributed by atoms with Gasteiger partial charge in [-0.05, 0) is 55.5 Å². The summed E-state index contributed by atoms with van der Waals surface area (Å²) in [6, 6.07) is 14.3. The first kappa shape index (κ1) is 17.2. The molecule has 2 N–H and O–H groups in total. The van der Waals surface area contributed by atoms with E-state index in [1.807, 2.05) is 44.2 Å². The molecule has 0 saturated heterocycles. The number of rotatable bonds is 3. The summed E-state index contributed by atoms with van der Waals surface area (Å²) in [7, 11) is 0. The third-order valence-electron chi connectivity index (χ3n) is 5.27. The lowest BCUT2D eigenvalue weighted by molar-refractivity contribution is 0.0943. The maximum Gasteiger partial charge on any atom is 0.253 e. The molecule has 4 heteroatoms. The molecule has 0 saturated carbocycles. The number of hydrogen-bond acceptors (Lipinski definition) is 2. The SMILES string of the molecule is CC(C)NC(=O)c1cccc2c1NC(c1cccc(Cl)c1)C1CC=CC21. The zero-order chi connectivity index (χ0) is 18.3. The maximum absolute atomic E-state index is 12.7. The summed E-state index contributed by atoms with van der Waals surface area (Å²) in [6.07, 6.45) is 5.56. The number of benzene rings is 2. The lowest BCUT2D eigenvalue weighted by Crippen LogP contribution is -2.34. The van der Waals surface area contributed by atoms with Gasteiger partial charge in [-0.25, -0.2) is 0 Å². The van der Waals surface area contributed by atoms with Crippen molar-refractivity contribution >= 4 is 23.2 Å². The molecule has 4 rings (SSSR count). The van der Waals surface area contributed by atoms with Gasteiger partial charge in [-0.15, -0.1) is 0 Å². The third kappa shape index (κ3) is 3.01.